The molecular formula is C9H18N4O2. The van der Waals surface area contributed by atoms with Crippen LogP contribution in [-0.2, 0) is 4.79 Å². The molecule has 5 N–H and O–H groups in total. The summed E-state index contributed by atoms with van der Waals surface area (Å²) in [6.45, 7) is 7.12. The number of amides is 2. The van der Waals surface area contributed by atoms with Crippen molar-refractivity contribution in [2.45, 2.75) is 27.7 Å². The summed E-state index contributed by atoms with van der Waals surface area (Å²) in [5.74, 6) is 4.81. The molecule has 0 spiro atoms. The summed E-state index contributed by atoms with van der Waals surface area (Å²) in [6, 6.07) is -0.578. The zero-order valence-electron chi connectivity index (χ0n) is 9.47. The molecule has 0 aliphatic heterocycles. The molecule has 0 bridgehead atoms. The smallest absolute Gasteiger partial charge is 0.301 e. The van der Waals surface area contributed by atoms with Crippen LogP contribution in [0.15, 0.2) is 11.8 Å². The quantitative estimate of drug-likeness (QED) is 0.233. The van der Waals surface area contributed by atoms with Crippen molar-refractivity contribution in [1.29, 1.82) is 0 Å². The van der Waals surface area contributed by atoms with Crippen LogP contribution >= 0.6 is 0 Å². The third kappa shape index (κ3) is 5.69. The summed E-state index contributed by atoms with van der Waals surface area (Å²) in [5, 5.41) is 0. The van der Waals surface area contributed by atoms with E-state index in [1.807, 2.05) is 26.2 Å². The molecule has 0 radical (unpaired) electrons. The molecule has 0 unspecified atom stereocenters. The molecule has 0 aromatic carbocycles. The fraction of sp³-hybridized carbons (Fsp3) is 0.556. The largest absolute Gasteiger partial charge is 0.347 e. The predicted molar refractivity (Wildman–Crippen MR) is 57.2 cm³/mol. The molecule has 0 aromatic heterocycles. The minimum absolute atomic E-state index is 0.0255. The van der Waals surface area contributed by atoms with Gasteiger partial charge in [0.2, 0.25) is 0 Å². The van der Waals surface area contributed by atoms with E-state index in [-0.39, 0.29) is 5.78 Å². The Balaban J connectivity index is 4.21. The highest BCUT2D eigenvalue weighted by molar-refractivity contribution is 5.94. The number of hydrazine groups is 2. The monoisotopic (exact) mass is 214 g/mol. The Morgan fingerprint density at radius 2 is 1.73 bits per heavy atom. The van der Waals surface area contributed by atoms with Crippen LogP contribution in [0.4, 0.5) is 4.79 Å². The number of urea groups is 1. The Hall–Kier alpha value is -1.56. The van der Waals surface area contributed by atoms with E-state index >= 15 is 0 Å². The number of nitrogens with one attached hydrogen (secondary N) is 3. The Kier molecular flexibility index (Phi) is 4.80. The first-order chi connectivity index (χ1) is 6.77. The molecule has 0 saturated heterocycles. The van der Waals surface area contributed by atoms with Crippen LogP contribution in [0.5, 0.6) is 0 Å². The van der Waals surface area contributed by atoms with Gasteiger partial charge in [-0.05, 0) is 6.92 Å². The van der Waals surface area contributed by atoms with Crippen molar-refractivity contribution in [1.82, 2.24) is 16.3 Å². The first-order valence-corrected chi connectivity index (χ1v) is 4.52. The number of carbonyl (C=O) groups excluding carboxylic acids is 2. The third-order valence-electron chi connectivity index (χ3n) is 1.59. The van der Waals surface area contributed by atoms with Crippen molar-refractivity contribution in [3.05, 3.63) is 11.8 Å². The second-order valence-electron chi connectivity index (χ2n) is 4.17. The highest BCUT2D eigenvalue weighted by atomic mass is 16.2. The van der Waals surface area contributed by atoms with Crippen molar-refractivity contribution >= 4 is 11.8 Å². The maximum Gasteiger partial charge on any atom is 0.347 e. The van der Waals surface area contributed by atoms with Gasteiger partial charge in [-0.15, -0.1) is 0 Å². The fourth-order valence-electron chi connectivity index (χ4n) is 0.641. The highest BCUT2D eigenvalue weighted by Gasteiger charge is 2.18. The molecular weight excluding hydrogens is 196 g/mol. The van der Waals surface area contributed by atoms with Crippen LogP contribution in [0.2, 0.25) is 0 Å². The molecule has 6 heteroatoms. The minimum atomic E-state index is -0.578. The fourth-order valence-corrected chi connectivity index (χ4v) is 0.641. The summed E-state index contributed by atoms with van der Waals surface area (Å²) in [4.78, 5) is 22.2. The summed E-state index contributed by atoms with van der Waals surface area (Å²) >= 11 is 0. The zero-order valence-corrected chi connectivity index (χ0v) is 9.47. The van der Waals surface area contributed by atoms with Gasteiger partial charge in [0, 0.05) is 17.2 Å². The average molecular weight is 214 g/mol. The van der Waals surface area contributed by atoms with E-state index in [2.05, 4.69) is 10.9 Å². The first-order valence-electron chi connectivity index (χ1n) is 4.52. The van der Waals surface area contributed by atoms with Crippen LogP contribution in [-0.4, -0.2) is 11.8 Å². The lowest BCUT2D eigenvalue weighted by molar-refractivity contribution is -0.121. The highest BCUT2D eigenvalue weighted by Crippen LogP contribution is 2.15. The lowest BCUT2D eigenvalue weighted by atomic mass is 9.90. The van der Waals surface area contributed by atoms with Crippen molar-refractivity contribution in [3.63, 3.8) is 0 Å². The third-order valence-corrected chi connectivity index (χ3v) is 1.59. The van der Waals surface area contributed by atoms with Crippen LogP contribution in [0.3, 0.4) is 0 Å². The molecule has 0 aliphatic rings. The van der Waals surface area contributed by atoms with Gasteiger partial charge in [0.05, 0.1) is 0 Å². The zero-order chi connectivity index (χ0) is 12.1. The Bertz CT molecular complexity index is 278. The van der Waals surface area contributed by atoms with E-state index in [0.717, 1.165) is 0 Å². The summed E-state index contributed by atoms with van der Waals surface area (Å²) < 4.78 is 0. The van der Waals surface area contributed by atoms with Gasteiger partial charge in [0.25, 0.3) is 0 Å². The van der Waals surface area contributed by atoms with E-state index in [0.29, 0.717) is 5.70 Å². The van der Waals surface area contributed by atoms with Crippen LogP contribution in [0, 0.1) is 5.41 Å². The molecule has 0 atom stereocenters. The van der Waals surface area contributed by atoms with E-state index in [1.54, 1.807) is 6.92 Å². The Labute approximate surface area is 89.2 Å². The van der Waals surface area contributed by atoms with E-state index in [1.165, 1.54) is 6.08 Å². The number of rotatable bonds is 3. The molecule has 0 aromatic rings. The number of hydrogen-bond acceptors (Lipinski definition) is 4. The van der Waals surface area contributed by atoms with Crippen molar-refractivity contribution in [3.8, 4) is 0 Å². The van der Waals surface area contributed by atoms with Gasteiger partial charge in [-0.1, -0.05) is 20.8 Å². The molecule has 0 rings (SSSR count). The number of carbonyl (C=O) groups is 2. The van der Waals surface area contributed by atoms with E-state index in [9.17, 15) is 9.59 Å². The molecule has 15 heavy (non-hydrogen) atoms. The topological polar surface area (TPSA) is 96.2 Å². The number of allylic oxidation sites excluding steroid dienone is 2. The predicted octanol–water partition coefficient (Wildman–Crippen LogP) is 0.183. The SMILES string of the molecule is C/C(=C/C(=O)C(C)(C)C)NNC(=O)NN. The van der Waals surface area contributed by atoms with Gasteiger partial charge in [-0.2, -0.15) is 0 Å². The Morgan fingerprint density at radius 3 is 2.13 bits per heavy atom. The summed E-state index contributed by atoms with van der Waals surface area (Å²) in [7, 11) is 0. The first kappa shape index (κ1) is 13.4. The van der Waals surface area contributed by atoms with Gasteiger partial charge >= 0.3 is 6.03 Å². The van der Waals surface area contributed by atoms with Gasteiger partial charge in [0.15, 0.2) is 5.78 Å². The van der Waals surface area contributed by atoms with Crippen LogP contribution in [0.25, 0.3) is 0 Å². The van der Waals surface area contributed by atoms with E-state index < -0.39 is 11.4 Å². The molecule has 0 fully saturated rings. The molecule has 86 valence electrons. The lowest BCUT2D eigenvalue weighted by Gasteiger charge is -2.14. The van der Waals surface area contributed by atoms with Gasteiger partial charge in [-0.3, -0.25) is 15.6 Å². The van der Waals surface area contributed by atoms with Crippen molar-refractivity contribution in [2.24, 2.45) is 11.3 Å². The van der Waals surface area contributed by atoms with Crippen LogP contribution < -0.4 is 22.1 Å². The molecule has 0 aliphatic carbocycles. The number of nitrogens with two attached hydrogens (primary N) is 1. The molecule has 0 heterocycles. The minimum Gasteiger partial charge on any atom is -0.301 e. The van der Waals surface area contributed by atoms with Gasteiger partial charge in [0.1, 0.15) is 0 Å². The molecule has 6 nitrogen and oxygen atoms in total. The van der Waals surface area contributed by atoms with Gasteiger partial charge in [-0.25, -0.2) is 10.6 Å². The number of ketones is 1. The maximum atomic E-state index is 11.5. The van der Waals surface area contributed by atoms with E-state index in [4.69, 9.17) is 5.84 Å². The van der Waals surface area contributed by atoms with Crippen LogP contribution in [0.1, 0.15) is 27.7 Å². The molecule has 2 amide bonds. The summed E-state index contributed by atoms with van der Waals surface area (Å²) in [5.41, 5.74) is 6.77. The van der Waals surface area contributed by atoms with Crippen molar-refractivity contribution in [2.75, 3.05) is 0 Å². The summed E-state index contributed by atoms with van der Waals surface area (Å²) in [6.07, 6.45) is 1.43. The number of hydrogen-bond donors (Lipinski definition) is 4. The van der Waals surface area contributed by atoms with Gasteiger partial charge < -0.3 is 5.43 Å². The lowest BCUT2D eigenvalue weighted by Crippen LogP contribution is -2.46. The molecule has 0 saturated carbocycles. The van der Waals surface area contributed by atoms with Crippen molar-refractivity contribution < 1.29 is 9.59 Å². The standard InChI is InChI=1S/C9H18N4O2/c1-6(12-13-8(15)11-10)5-7(14)9(2,3)4/h5,12H,10H2,1-4H3,(H2,11,13,15)/b6-5-. The maximum absolute atomic E-state index is 11.5. The average Bonchev–Trinajstić information content (AvgIpc) is 2.12. The second-order valence-corrected chi connectivity index (χ2v) is 4.17. The second kappa shape index (κ2) is 5.35. The Morgan fingerprint density at radius 1 is 1.20 bits per heavy atom. The normalized spacial score (nSPS) is 11.9.